The Bertz CT molecular complexity index is 647. The summed E-state index contributed by atoms with van der Waals surface area (Å²) in [5.41, 5.74) is 2.61. The van der Waals surface area contributed by atoms with Crippen molar-refractivity contribution in [1.82, 2.24) is 0 Å². The number of methoxy groups -OCH3 is 1. The van der Waals surface area contributed by atoms with Crippen molar-refractivity contribution in [2.75, 3.05) is 12.4 Å². The molecule has 1 aromatic carbocycles. The Morgan fingerprint density at radius 2 is 2.14 bits per heavy atom. The van der Waals surface area contributed by atoms with Crippen LogP contribution in [0.5, 0.6) is 5.75 Å². The van der Waals surface area contributed by atoms with Crippen LogP contribution < -0.4 is 10.1 Å². The lowest BCUT2D eigenvalue weighted by Crippen LogP contribution is -2.37. The number of benzene rings is 1. The third-order valence-corrected chi connectivity index (χ3v) is 5.93. The Kier molecular flexibility index (Phi) is 3.35. The third kappa shape index (κ3) is 1.98. The van der Waals surface area contributed by atoms with Crippen LogP contribution in [0.3, 0.4) is 0 Å². The first-order chi connectivity index (χ1) is 10.3. The van der Waals surface area contributed by atoms with E-state index in [1.54, 1.807) is 7.11 Å². The second-order valence-corrected chi connectivity index (χ2v) is 7.38. The Balaban J connectivity index is 1.90. The summed E-state index contributed by atoms with van der Waals surface area (Å²) in [4.78, 5) is 13.0. The Morgan fingerprint density at radius 3 is 2.73 bits per heavy atom. The van der Waals surface area contributed by atoms with Gasteiger partial charge in [-0.1, -0.05) is 32.1 Å². The van der Waals surface area contributed by atoms with E-state index in [2.05, 4.69) is 25.7 Å². The fourth-order valence-corrected chi connectivity index (χ4v) is 4.30. The van der Waals surface area contributed by atoms with Gasteiger partial charge in [0, 0.05) is 0 Å². The molecular weight excluding hydrogens is 274 g/mol. The van der Waals surface area contributed by atoms with Gasteiger partial charge in [0.2, 0.25) is 5.91 Å². The van der Waals surface area contributed by atoms with Crippen LogP contribution in [-0.2, 0) is 4.79 Å². The summed E-state index contributed by atoms with van der Waals surface area (Å²) in [6, 6.07) is 5.84. The number of carbonyl (C=O) groups excluding carboxylic acids is 1. The number of hydrogen-bond donors (Lipinski definition) is 1. The number of amides is 1. The summed E-state index contributed by atoms with van der Waals surface area (Å²) in [6.07, 6.45) is 2.96. The van der Waals surface area contributed by atoms with Gasteiger partial charge >= 0.3 is 0 Å². The molecule has 2 saturated carbocycles. The summed E-state index contributed by atoms with van der Waals surface area (Å²) < 4.78 is 5.37. The maximum absolute atomic E-state index is 13.0. The number of hydrogen-bond acceptors (Lipinski definition) is 2. The molecule has 0 spiro atoms. The van der Waals surface area contributed by atoms with E-state index in [9.17, 15) is 4.79 Å². The zero-order valence-corrected chi connectivity index (χ0v) is 14.0. The highest BCUT2D eigenvalue weighted by atomic mass is 16.5. The number of anilines is 1. The van der Waals surface area contributed by atoms with E-state index in [-0.39, 0.29) is 11.3 Å². The quantitative estimate of drug-likeness (QED) is 0.844. The normalized spacial score (nSPS) is 28.7. The zero-order chi connectivity index (χ0) is 16.1. The van der Waals surface area contributed by atoms with Crippen LogP contribution in [0.1, 0.15) is 38.7 Å². The second-order valence-electron chi connectivity index (χ2n) is 7.38. The van der Waals surface area contributed by atoms with Gasteiger partial charge in [0.05, 0.1) is 18.2 Å². The molecular formula is C19H25NO2. The highest BCUT2D eigenvalue weighted by Gasteiger charge is 2.60. The molecule has 2 atom stereocenters. The molecule has 2 aliphatic carbocycles. The van der Waals surface area contributed by atoms with Crippen LogP contribution in [0.15, 0.2) is 30.4 Å². The molecule has 0 heterocycles. The zero-order valence-electron chi connectivity index (χ0n) is 14.0. The van der Waals surface area contributed by atoms with Gasteiger partial charge < -0.3 is 10.1 Å². The van der Waals surface area contributed by atoms with Crippen LogP contribution in [0.2, 0.25) is 0 Å². The number of nitrogens with one attached hydrogen (secondary N) is 1. The molecule has 1 aromatic rings. The molecule has 118 valence electrons. The molecule has 3 heteroatoms. The molecule has 2 fully saturated rings. The molecule has 0 unspecified atom stereocenters. The molecule has 0 aliphatic heterocycles. The Labute approximate surface area is 132 Å². The first-order valence-electron chi connectivity index (χ1n) is 7.97. The lowest BCUT2D eigenvalue weighted by Gasteiger charge is -2.37. The minimum Gasteiger partial charge on any atom is -0.495 e. The molecule has 2 aliphatic rings. The molecule has 1 amide bonds. The van der Waals surface area contributed by atoms with Crippen LogP contribution in [0.4, 0.5) is 5.69 Å². The van der Waals surface area contributed by atoms with Gasteiger partial charge in [0.1, 0.15) is 5.75 Å². The number of fused-ring (bicyclic) bond motifs is 2. The predicted octanol–water partition coefficient (Wildman–Crippen LogP) is 4.32. The molecule has 0 aromatic heterocycles. The molecule has 0 saturated heterocycles. The van der Waals surface area contributed by atoms with Gasteiger partial charge in [0.25, 0.3) is 0 Å². The predicted molar refractivity (Wildman–Crippen MR) is 89.1 cm³/mol. The fourth-order valence-electron chi connectivity index (χ4n) is 4.30. The minimum atomic E-state index is -0.400. The van der Waals surface area contributed by atoms with E-state index in [0.717, 1.165) is 36.1 Å². The van der Waals surface area contributed by atoms with Gasteiger partial charge in [0.15, 0.2) is 0 Å². The molecule has 1 N–H and O–H groups in total. The van der Waals surface area contributed by atoms with Crippen molar-refractivity contribution in [2.24, 2.45) is 16.7 Å². The van der Waals surface area contributed by atoms with Gasteiger partial charge in [-0.25, -0.2) is 0 Å². The number of ether oxygens (including phenoxy) is 1. The first kappa shape index (κ1) is 15.1. The average molecular weight is 299 g/mol. The van der Waals surface area contributed by atoms with Gasteiger partial charge in [-0.3, -0.25) is 4.79 Å². The third-order valence-electron chi connectivity index (χ3n) is 5.93. The van der Waals surface area contributed by atoms with Gasteiger partial charge in [-0.15, -0.1) is 0 Å². The fraction of sp³-hybridized carbons (Fsp3) is 0.526. The van der Waals surface area contributed by atoms with E-state index in [1.165, 1.54) is 0 Å². The van der Waals surface area contributed by atoms with Crippen molar-refractivity contribution in [3.8, 4) is 5.75 Å². The summed E-state index contributed by atoms with van der Waals surface area (Å²) in [6.45, 7) is 10.8. The van der Waals surface area contributed by atoms with Crippen LogP contribution in [0.25, 0.3) is 0 Å². The van der Waals surface area contributed by atoms with Crippen molar-refractivity contribution in [3.63, 3.8) is 0 Å². The molecule has 22 heavy (non-hydrogen) atoms. The van der Waals surface area contributed by atoms with Crippen LogP contribution >= 0.6 is 0 Å². The van der Waals surface area contributed by atoms with Gasteiger partial charge in [-0.2, -0.15) is 0 Å². The summed E-state index contributed by atoms with van der Waals surface area (Å²) >= 11 is 0. The average Bonchev–Trinajstić information content (AvgIpc) is 2.99. The van der Waals surface area contributed by atoms with Crippen molar-refractivity contribution >= 4 is 11.6 Å². The second kappa shape index (κ2) is 4.87. The van der Waals surface area contributed by atoms with Crippen molar-refractivity contribution in [1.29, 1.82) is 0 Å². The maximum atomic E-state index is 13.0. The van der Waals surface area contributed by atoms with E-state index in [1.807, 2.05) is 25.1 Å². The number of aryl methyl sites for hydroxylation is 1. The smallest absolute Gasteiger partial charge is 0.234 e. The molecule has 0 radical (unpaired) electrons. The molecule has 3 rings (SSSR count). The highest BCUT2D eigenvalue weighted by molar-refractivity contribution is 5.99. The lowest BCUT2D eigenvalue weighted by atomic mass is 9.68. The lowest BCUT2D eigenvalue weighted by molar-refractivity contribution is -0.123. The Morgan fingerprint density at radius 1 is 1.41 bits per heavy atom. The largest absolute Gasteiger partial charge is 0.495 e. The van der Waals surface area contributed by atoms with E-state index in [4.69, 9.17) is 4.74 Å². The highest BCUT2D eigenvalue weighted by Crippen LogP contribution is 2.65. The summed E-state index contributed by atoms with van der Waals surface area (Å²) in [5, 5.41) is 3.11. The summed E-state index contributed by atoms with van der Waals surface area (Å²) in [7, 11) is 1.63. The van der Waals surface area contributed by atoms with Crippen LogP contribution in [-0.4, -0.2) is 13.0 Å². The number of carbonyl (C=O) groups is 1. The van der Waals surface area contributed by atoms with E-state index in [0.29, 0.717) is 11.7 Å². The standard InChI is InChI=1S/C19H25NO2/c1-12-6-7-16(22-5)15(10-12)20-17(21)19-9-8-14(11-19)18(3,4)13(19)2/h6-7,10,14H,2,8-9,11H2,1,3-5H3,(H,20,21)/t14-,19+/m1/s1. The van der Waals surface area contributed by atoms with Crippen molar-refractivity contribution < 1.29 is 9.53 Å². The SMILES string of the molecule is C=C1C(C)(C)[C@@H]2CC[C@]1(C(=O)Nc1cc(C)ccc1OC)C2. The van der Waals surface area contributed by atoms with Crippen LogP contribution in [0, 0.1) is 23.7 Å². The topological polar surface area (TPSA) is 38.3 Å². The Hall–Kier alpha value is -1.77. The van der Waals surface area contributed by atoms with E-state index >= 15 is 0 Å². The van der Waals surface area contributed by atoms with Gasteiger partial charge in [-0.05, 0) is 55.2 Å². The van der Waals surface area contributed by atoms with Crippen molar-refractivity contribution in [3.05, 3.63) is 35.9 Å². The maximum Gasteiger partial charge on any atom is 0.234 e. The molecule has 2 bridgehead atoms. The minimum absolute atomic E-state index is 0.0618. The molecule has 3 nitrogen and oxygen atoms in total. The first-order valence-corrected chi connectivity index (χ1v) is 7.97. The monoisotopic (exact) mass is 299 g/mol. The number of rotatable bonds is 3. The summed E-state index contributed by atoms with van der Waals surface area (Å²) in [5.74, 6) is 1.35. The van der Waals surface area contributed by atoms with E-state index < -0.39 is 5.41 Å². The van der Waals surface area contributed by atoms with Crippen molar-refractivity contribution in [2.45, 2.75) is 40.0 Å².